The van der Waals surface area contributed by atoms with E-state index in [-0.39, 0.29) is 11.5 Å². The van der Waals surface area contributed by atoms with Crippen molar-refractivity contribution in [3.63, 3.8) is 0 Å². The Morgan fingerprint density at radius 3 is 1.79 bits per heavy atom. The standard InChI is InChI=1S/C35H25F3N2O2/c36-28-14-11-26(12-15-28)31-21-33(40(39-31)32-17-16-29(37)20-30(32)38)27-13-18-34(41-22-24-7-3-1-4-8-24)35(19-27)42-23-25-9-5-2-6-10-25/h1-21H,22-23H2. The molecule has 0 amide bonds. The van der Waals surface area contributed by atoms with Gasteiger partial charge in [0.2, 0.25) is 0 Å². The largest absolute Gasteiger partial charge is 0.485 e. The van der Waals surface area contributed by atoms with Crippen molar-refractivity contribution in [3.05, 3.63) is 156 Å². The second-order valence-corrected chi connectivity index (χ2v) is 9.64. The molecule has 1 aromatic heterocycles. The van der Waals surface area contributed by atoms with E-state index in [1.807, 2.05) is 72.8 Å². The lowest BCUT2D eigenvalue weighted by molar-refractivity contribution is 0.256. The Bertz CT molecular complexity index is 1800. The van der Waals surface area contributed by atoms with E-state index >= 15 is 4.39 Å². The molecule has 0 aliphatic heterocycles. The van der Waals surface area contributed by atoms with E-state index < -0.39 is 11.6 Å². The Morgan fingerprint density at radius 1 is 0.548 bits per heavy atom. The lowest BCUT2D eigenvalue weighted by atomic mass is 10.1. The Kier molecular flexibility index (Phi) is 7.72. The average Bonchev–Trinajstić information content (AvgIpc) is 3.46. The highest BCUT2D eigenvalue weighted by molar-refractivity contribution is 5.72. The van der Waals surface area contributed by atoms with Crippen LogP contribution >= 0.6 is 0 Å². The molecule has 0 spiro atoms. The van der Waals surface area contributed by atoms with Gasteiger partial charge in [0.05, 0.1) is 11.4 Å². The summed E-state index contributed by atoms with van der Waals surface area (Å²) in [6.07, 6.45) is 0. The van der Waals surface area contributed by atoms with E-state index in [0.717, 1.165) is 17.2 Å². The van der Waals surface area contributed by atoms with Crippen molar-refractivity contribution in [3.8, 4) is 39.7 Å². The van der Waals surface area contributed by atoms with E-state index in [4.69, 9.17) is 9.47 Å². The molecule has 0 bridgehead atoms. The summed E-state index contributed by atoms with van der Waals surface area (Å²) in [5.74, 6) is -0.817. The lowest BCUT2D eigenvalue weighted by Gasteiger charge is -2.15. The molecule has 4 nitrogen and oxygen atoms in total. The summed E-state index contributed by atoms with van der Waals surface area (Å²) in [5.41, 5.74) is 4.37. The fourth-order valence-corrected chi connectivity index (χ4v) is 4.56. The van der Waals surface area contributed by atoms with E-state index in [1.54, 1.807) is 24.3 Å². The molecule has 6 aromatic rings. The van der Waals surface area contributed by atoms with Crippen LogP contribution in [0.4, 0.5) is 13.2 Å². The molecule has 0 fully saturated rings. The van der Waals surface area contributed by atoms with Gasteiger partial charge in [-0.15, -0.1) is 0 Å². The summed E-state index contributed by atoms with van der Waals surface area (Å²) in [4.78, 5) is 0. The molecule has 0 saturated heterocycles. The summed E-state index contributed by atoms with van der Waals surface area (Å²) >= 11 is 0. The number of rotatable bonds is 9. The van der Waals surface area contributed by atoms with E-state index in [0.29, 0.717) is 47.2 Å². The molecule has 0 saturated carbocycles. The molecule has 0 aliphatic rings. The Labute approximate surface area is 241 Å². The summed E-state index contributed by atoms with van der Waals surface area (Å²) in [5, 5.41) is 4.63. The number of ether oxygens (including phenoxy) is 2. The van der Waals surface area contributed by atoms with Crippen LogP contribution in [0.15, 0.2) is 127 Å². The molecule has 0 radical (unpaired) electrons. The highest BCUT2D eigenvalue weighted by Crippen LogP contribution is 2.36. The lowest BCUT2D eigenvalue weighted by Crippen LogP contribution is -2.04. The van der Waals surface area contributed by atoms with Crippen LogP contribution in [0.2, 0.25) is 0 Å². The van der Waals surface area contributed by atoms with E-state index in [2.05, 4.69) is 5.10 Å². The monoisotopic (exact) mass is 562 g/mol. The smallest absolute Gasteiger partial charge is 0.162 e. The molecule has 7 heteroatoms. The van der Waals surface area contributed by atoms with Crippen LogP contribution in [0.5, 0.6) is 11.5 Å². The van der Waals surface area contributed by atoms with Crippen molar-refractivity contribution in [2.45, 2.75) is 13.2 Å². The van der Waals surface area contributed by atoms with Crippen LogP contribution in [-0.4, -0.2) is 9.78 Å². The quantitative estimate of drug-likeness (QED) is 0.177. The molecule has 0 aliphatic carbocycles. The van der Waals surface area contributed by atoms with Gasteiger partial charge in [0.25, 0.3) is 0 Å². The Balaban J connectivity index is 1.42. The predicted octanol–water partition coefficient (Wildman–Crippen LogP) is 8.78. The zero-order valence-electron chi connectivity index (χ0n) is 22.4. The fraction of sp³-hybridized carbons (Fsp3) is 0.0571. The van der Waals surface area contributed by atoms with Gasteiger partial charge in [-0.2, -0.15) is 5.10 Å². The number of benzene rings is 5. The summed E-state index contributed by atoms with van der Waals surface area (Å²) in [7, 11) is 0. The van der Waals surface area contributed by atoms with Gasteiger partial charge in [-0.25, -0.2) is 17.9 Å². The summed E-state index contributed by atoms with van der Waals surface area (Å²) in [6, 6.07) is 36.0. The maximum Gasteiger partial charge on any atom is 0.162 e. The zero-order chi connectivity index (χ0) is 28.9. The van der Waals surface area contributed by atoms with Gasteiger partial charge in [-0.05, 0) is 71.8 Å². The van der Waals surface area contributed by atoms with Crippen LogP contribution in [0.1, 0.15) is 11.1 Å². The third kappa shape index (κ3) is 6.05. The Morgan fingerprint density at radius 2 is 1.14 bits per heavy atom. The van der Waals surface area contributed by atoms with Gasteiger partial charge in [0.15, 0.2) is 17.3 Å². The first-order chi connectivity index (χ1) is 20.5. The maximum atomic E-state index is 15.0. The molecule has 1 heterocycles. The number of hydrogen-bond donors (Lipinski definition) is 0. The first-order valence-corrected chi connectivity index (χ1v) is 13.3. The van der Waals surface area contributed by atoms with Crippen LogP contribution in [-0.2, 0) is 13.2 Å². The SMILES string of the molecule is Fc1ccc(-c2cc(-c3ccc(OCc4ccccc4)c(OCc4ccccc4)c3)n(-c3ccc(F)cc3F)n2)cc1. The second kappa shape index (κ2) is 12.1. The molecular formula is C35H25F3N2O2. The normalized spacial score (nSPS) is 10.9. The highest BCUT2D eigenvalue weighted by atomic mass is 19.1. The summed E-state index contributed by atoms with van der Waals surface area (Å²) < 4.78 is 56.2. The van der Waals surface area contributed by atoms with Gasteiger partial charge in [-0.3, -0.25) is 0 Å². The van der Waals surface area contributed by atoms with Crippen molar-refractivity contribution in [1.82, 2.24) is 9.78 Å². The van der Waals surface area contributed by atoms with Gasteiger partial charge in [0, 0.05) is 17.2 Å². The van der Waals surface area contributed by atoms with E-state index in [1.165, 1.54) is 28.9 Å². The van der Waals surface area contributed by atoms with Gasteiger partial charge >= 0.3 is 0 Å². The van der Waals surface area contributed by atoms with Gasteiger partial charge < -0.3 is 9.47 Å². The molecule has 0 N–H and O–H groups in total. The molecule has 6 rings (SSSR count). The number of nitrogens with zero attached hydrogens (tertiary/aromatic N) is 2. The van der Waals surface area contributed by atoms with Crippen LogP contribution in [0, 0.1) is 17.5 Å². The number of aromatic nitrogens is 2. The van der Waals surface area contributed by atoms with E-state index in [9.17, 15) is 8.78 Å². The molecule has 5 aromatic carbocycles. The third-order valence-electron chi connectivity index (χ3n) is 6.70. The number of halogens is 3. The zero-order valence-corrected chi connectivity index (χ0v) is 22.4. The van der Waals surface area contributed by atoms with Crippen molar-refractivity contribution in [2.75, 3.05) is 0 Å². The Hall–Kier alpha value is -5.30. The first-order valence-electron chi connectivity index (χ1n) is 13.3. The second-order valence-electron chi connectivity index (χ2n) is 9.64. The van der Waals surface area contributed by atoms with Crippen molar-refractivity contribution < 1.29 is 22.6 Å². The minimum atomic E-state index is -0.770. The van der Waals surface area contributed by atoms with Crippen LogP contribution < -0.4 is 9.47 Å². The third-order valence-corrected chi connectivity index (χ3v) is 6.70. The van der Waals surface area contributed by atoms with Crippen molar-refractivity contribution >= 4 is 0 Å². The van der Waals surface area contributed by atoms with Gasteiger partial charge in [-0.1, -0.05) is 60.7 Å². The molecular weight excluding hydrogens is 537 g/mol. The van der Waals surface area contributed by atoms with Crippen molar-refractivity contribution in [1.29, 1.82) is 0 Å². The summed E-state index contributed by atoms with van der Waals surface area (Å²) in [6.45, 7) is 0.647. The predicted molar refractivity (Wildman–Crippen MR) is 156 cm³/mol. The average molecular weight is 563 g/mol. The fourth-order valence-electron chi connectivity index (χ4n) is 4.56. The topological polar surface area (TPSA) is 36.3 Å². The minimum Gasteiger partial charge on any atom is -0.485 e. The maximum absolute atomic E-state index is 15.0. The van der Waals surface area contributed by atoms with Crippen LogP contribution in [0.3, 0.4) is 0 Å². The first kappa shape index (κ1) is 26.9. The van der Waals surface area contributed by atoms with Crippen molar-refractivity contribution in [2.24, 2.45) is 0 Å². The minimum absolute atomic E-state index is 0.0657. The number of hydrogen-bond acceptors (Lipinski definition) is 3. The highest BCUT2D eigenvalue weighted by Gasteiger charge is 2.19. The molecule has 42 heavy (non-hydrogen) atoms. The molecule has 0 atom stereocenters. The molecule has 0 unspecified atom stereocenters. The van der Waals surface area contributed by atoms with Gasteiger partial charge in [0.1, 0.15) is 30.5 Å². The molecule has 208 valence electrons. The van der Waals surface area contributed by atoms with Crippen LogP contribution in [0.25, 0.3) is 28.2 Å².